The average Bonchev–Trinajstić information content (AvgIpc) is 3.06. The molecule has 0 spiro atoms. The molecule has 2 fully saturated rings. The van der Waals surface area contributed by atoms with Crippen LogP contribution in [0.2, 0.25) is 0 Å². The van der Waals surface area contributed by atoms with Crippen LogP contribution in [0.5, 0.6) is 0 Å². The van der Waals surface area contributed by atoms with E-state index in [1.807, 2.05) is 11.3 Å². The fraction of sp³-hybridized carbons (Fsp3) is 0.750. The lowest BCUT2D eigenvalue weighted by atomic mass is 9.85. The van der Waals surface area contributed by atoms with Gasteiger partial charge in [-0.3, -0.25) is 4.90 Å². The van der Waals surface area contributed by atoms with Crippen LogP contribution in [0.15, 0.2) is 17.5 Å². The molecule has 4 atom stereocenters. The third kappa shape index (κ3) is 3.04. The van der Waals surface area contributed by atoms with E-state index < -0.39 is 0 Å². The zero-order chi connectivity index (χ0) is 13.2. The molecule has 0 radical (unpaired) electrons. The predicted octanol–water partition coefficient (Wildman–Crippen LogP) is 3.66. The monoisotopic (exact) mass is 278 g/mol. The van der Waals surface area contributed by atoms with E-state index in [0.717, 1.165) is 12.0 Å². The number of nitrogens with one attached hydrogen (secondary N) is 1. The summed E-state index contributed by atoms with van der Waals surface area (Å²) in [5.74, 6) is 0.962. The molecule has 1 aliphatic heterocycles. The molecule has 2 aliphatic rings. The van der Waals surface area contributed by atoms with Gasteiger partial charge in [-0.25, -0.2) is 0 Å². The summed E-state index contributed by atoms with van der Waals surface area (Å²) in [5, 5.41) is 6.07. The number of hydrogen-bond acceptors (Lipinski definition) is 3. The lowest BCUT2D eigenvalue weighted by Gasteiger charge is -2.27. The Kier molecular flexibility index (Phi) is 4.25. The second-order valence-corrected chi connectivity index (χ2v) is 7.36. The molecule has 3 heteroatoms. The fourth-order valence-corrected chi connectivity index (χ4v) is 4.67. The highest BCUT2D eigenvalue weighted by molar-refractivity contribution is 7.10. The second-order valence-electron chi connectivity index (χ2n) is 6.38. The third-order valence-corrected chi connectivity index (χ3v) is 6.11. The lowest BCUT2D eigenvalue weighted by molar-refractivity contribution is 0.238. The zero-order valence-electron chi connectivity index (χ0n) is 12.1. The Labute approximate surface area is 121 Å². The summed E-state index contributed by atoms with van der Waals surface area (Å²) in [7, 11) is 2.27. The van der Waals surface area contributed by atoms with Crippen molar-refractivity contribution < 1.29 is 0 Å². The molecular formula is C16H26N2S. The Morgan fingerprint density at radius 2 is 2.26 bits per heavy atom. The van der Waals surface area contributed by atoms with Gasteiger partial charge in [0, 0.05) is 29.5 Å². The minimum absolute atomic E-state index is 0.546. The Bertz CT molecular complexity index is 375. The van der Waals surface area contributed by atoms with E-state index in [-0.39, 0.29) is 0 Å². The molecule has 1 aromatic heterocycles. The van der Waals surface area contributed by atoms with Gasteiger partial charge < -0.3 is 5.32 Å². The molecule has 0 aromatic carbocycles. The summed E-state index contributed by atoms with van der Waals surface area (Å²) in [4.78, 5) is 4.00. The molecule has 1 saturated carbocycles. The number of fused-ring (bicyclic) bond motifs is 1. The van der Waals surface area contributed by atoms with Crippen LogP contribution in [0.3, 0.4) is 0 Å². The molecule has 4 unspecified atom stereocenters. The molecule has 106 valence electrons. The van der Waals surface area contributed by atoms with E-state index in [1.54, 1.807) is 0 Å². The lowest BCUT2D eigenvalue weighted by Crippen LogP contribution is -2.39. The van der Waals surface area contributed by atoms with Crippen LogP contribution in [0.25, 0.3) is 0 Å². The van der Waals surface area contributed by atoms with Crippen LogP contribution in [-0.4, -0.2) is 30.6 Å². The summed E-state index contributed by atoms with van der Waals surface area (Å²) in [6.45, 7) is 3.51. The fourth-order valence-electron chi connectivity index (χ4n) is 3.82. The van der Waals surface area contributed by atoms with E-state index >= 15 is 0 Å². The van der Waals surface area contributed by atoms with Crippen LogP contribution in [-0.2, 0) is 0 Å². The number of nitrogens with zero attached hydrogens (tertiary/aromatic N) is 1. The zero-order valence-corrected chi connectivity index (χ0v) is 13.0. The van der Waals surface area contributed by atoms with Crippen LogP contribution in [0.4, 0.5) is 0 Å². The highest BCUT2D eigenvalue weighted by Crippen LogP contribution is 2.34. The van der Waals surface area contributed by atoms with Crippen molar-refractivity contribution in [3.63, 3.8) is 0 Å². The number of likely N-dealkylation sites (N-methyl/N-ethyl adjacent to an activating group) is 1. The maximum absolute atomic E-state index is 3.89. The summed E-state index contributed by atoms with van der Waals surface area (Å²) < 4.78 is 0. The predicted molar refractivity (Wildman–Crippen MR) is 82.7 cm³/mol. The Morgan fingerprint density at radius 1 is 1.42 bits per heavy atom. The van der Waals surface area contributed by atoms with E-state index in [4.69, 9.17) is 0 Å². The van der Waals surface area contributed by atoms with Crippen molar-refractivity contribution in [1.29, 1.82) is 0 Å². The van der Waals surface area contributed by atoms with Crippen molar-refractivity contribution in [2.45, 2.75) is 57.2 Å². The summed E-state index contributed by atoms with van der Waals surface area (Å²) in [5.41, 5.74) is 0. The van der Waals surface area contributed by atoms with Crippen LogP contribution in [0, 0.1) is 5.92 Å². The van der Waals surface area contributed by atoms with Gasteiger partial charge in [0.05, 0.1) is 0 Å². The first kappa shape index (κ1) is 13.6. The van der Waals surface area contributed by atoms with Crippen molar-refractivity contribution in [3.8, 4) is 0 Å². The molecule has 1 saturated heterocycles. The molecule has 1 aliphatic carbocycles. The summed E-state index contributed by atoms with van der Waals surface area (Å²) in [6, 6.07) is 6.49. The maximum Gasteiger partial charge on any atom is 0.0410 e. The molecule has 2 nitrogen and oxygen atoms in total. The summed E-state index contributed by atoms with van der Waals surface area (Å²) >= 11 is 1.88. The number of thiophene rings is 1. The van der Waals surface area contributed by atoms with Crippen molar-refractivity contribution in [3.05, 3.63) is 22.4 Å². The molecule has 19 heavy (non-hydrogen) atoms. The van der Waals surface area contributed by atoms with E-state index in [1.165, 1.54) is 43.5 Å². The van der Waals surface area contributed by atoms with Gasteiger partial charge in [0.2, 0.25) is 0 Å². The Morgan fingerprint density at radius 3 is 3.00 bits per heavy atom. The highest BCUT2D eigenvalue weighted by Gasteiger charge is 2.35. The van der Waals surface area contributed by atoms with Crippen LogP contribution < -0.4 is 5.32 Å². The molecule has 1 N–H and O–H groups in total. The standard InChI is InChI=1S/C16H26N2S/c1-12(16-8-5-9-19-16)18(2)11-14-10-13-6-3-4-7-15(13)17-14/h5,8-9,12-15,17H,3-4,6-7,10-11H2,1-2H3. The summed E-state index contributed by atoms with van der Waals surface area (Å²) in [6.07, 6.45) is 7.15. The van der Waals surface area contributed by atoms with Crippen molar-refractivity contribution in [2.75, 3.05) is 13.6 Å². The molecule has 0 amide bonds. The van der Waals surface area contributed by atoms with E-state index in [0.29, 0.717) is 12.1 Å². The Hall–Kier alpha value is -0.380. The van der Waals surface area contributed by atoms with Gasteiger partial charge >= 0.3 is 0 Å². The van der Waals surface area contributed by atoms with Gasteiger partial charge in [0.1, 0.15) is 0 Å². The first-order valence-corrected chi connectivity index (χ1v) is 8.61. The second kappa shape index (κ2) is 5.94. The normalized spacial score (nSPS) is 32.5. The van der Waals surface area contributed by atoms with E-state index in [2.05, 4.69) is 41.7 Å². The van der Waals surface area contributed by atoms with Crippen LogP contribution in [0.1, 0.15) is 49.9 Å². The van der Waals surface area contributed by atoms with Gasteiger partial charge in [0.15, 0.2) is 0 Å². The molecule has 0 bridgehead atoms. The molecular weight excluding hydrogens is 252 g/mol. The largest absolute Gasteiger partial charge is 0.310 e. The average molecular weight is 278 g/mol. The first-order valence-electron chi connectivity index (χ1n) is 7.73. The maximum atomic E-state index is 3.89. The topological polar surface area (TPSA) is 15.3 Å². The minimum atomic E-state index is 0.546. The van der Waals surface area contributed by atoms with Gasteiger partial charge in [-0.1, -0.05) is 18.9 Å². The SMILES string of the molecule is CC(c1cccs1)N(C)CC1CC2CCCCC2N1. The van der Waals surface area contributed by atoms with Gasteiger partial charge in [-0.05, 0) is 50.6 Å². The quantitative estimate of drug-likeness (QED) is 0.904. The minimum Gasteiger partial charge on any atom is -0.310 e. The van der Waals surface area contributed by atoms with Crippen LogP contribution >= 0.6 is 11.3 Å². The highest BCUT2D eigenvalue weighted by atomic mass is 32.1. The van der Waals surface area contributed by atoms with Gasteiger partial charge in [-0.15, -0.1) is 11.3 Å². The van der Waals surface area contributed by atoms with Crippen molar-refractivity contribution >= 4 is 11.3 Å². The molecule has 3 rings (SSSR count). The third-order valence-electron chi connectivity index (χ3n) is 5.07. The number of hydrogen-bond donors (Lipinski definition) is 1. The van der Waals surface area contributed by atoms with Gasteiger partial charge in [-0.2, -0.15) is 0 Å². The first-order chi connectivity index (χ1) is 9.24. The molecule has 2 heterocycles. The number of rotatable bonds is 4. The molecule has 1 aromatic rings. The van der Waals surface area contributed by atoms with Gasteiger partial charge in [0.25, 0.3) is 0 Å². The Balaban J connectivity index is 1.54. The van der Waals surface area contributed by atoms with Crippen molar-refractivity contribution in [2.24, 2.45) is 5.92 Å². The van der Waals surface area contributed by atoms with E-state index in [9.17, 15) is 0 Å². The van der Waals surface area contributed by atoms with Crippen molar-refractivity contribution in [1.82, 2.24) is 10.2 Å². The smallest absolute Gasteiger partial charge is 0.0410 e.